The number of anilines is 1. The van der Waals surface area contributed by atoms with Crippen molar-refractivity contribution in [3.63, 3.8) is 0 Å². The maximum atomic E-state index is 6.45. The molecular weight excluding hydrogens is 350 g/mol. The van der Waals surface area contributed by atoms with Gasteiger partial charge in [0, 0.05) is 29.4 Å². The van der Waals surface area contributed by atoms with E-state index in [0.29, 0.717) is 5.15 Å². The average molecular weight is 371 g/mol. The third-order valence-electron chi connectivity index (χ3n) is 4.80. The summed E-state index contributed by atoms with van der Waals surface area (Å²) < 4.78 is 5.26. The van der Waals surface area contributed by atoms with Crippen molar-refractivity contribution in [2.24, 2.45) is 0 Å². The molecule has 0 radical (unpaired) electrons. The van der Waals surface area contributed by atoms with Gasteiger partial charge in [-0.2, -0.15) is 0 Å². The summed E-state index contributed by atoms with van der Waals surface area (Å²) >= 11 is 6.45. The number of fused-ring (bicyclic) bond motifs is 1. The minimum absolute atomic E-state index is 0.576. The second-order valence-corrected chi connectivity index (χ2v) is 6.82. The molecule has 0 bridgehead atoms. The van der Waals surface area contributed by atoms with E-state index in [4.69, 9.17) is 16.3 Å². The molecule has 2 aromatic heterocycles. The van der Waals surface area contributed by atoms with Gasteiger partial charge in [-0.15, -0.1) is 0 Å². The van der Waals surface area contributed by atoms with Crippen molar-refractivity contribution in [3.8, 4) is 5.75 Å². The number of methoxy groups -OCH3 is 1. The van der Waals surface area contributed by atoms with Gasteiger partial charge < -0.3 is 14.5 Å². The summed E-state index contributed by atoms with van der Waals surface area (Å²) in [6, 6.07) is 9.88. The standard InChI is InChI=1S/C19H20ClN5O/c1-26-16-4-3-14-11-15(18(20)23-17(14)12-16)13-24-7-9-25(10-8-24)19-21-5-2-6-22-19/h2-6,11-12H,7-10,13H2,1H3/p+1. The molecule has 1 aliphatic heterocycles. The van der Waals surface area contributed by atoms with Gasteiger partial charge >= 0.3 is 0 Å². The van der Waals surface area contributed by atoms with Crippen LogP contribution in [0.1, 0.15) is 5.56 Å². The number of piperazine rings is 1. The lowest BCUT2D eigenvalue weighted by molar-refractivity contribution is -0.914. The highest BCUT2D eigenvalue weighted by atomic mass is 35.5. The van der Waals surface area contributed by atoms with Crippen LogP contribution in [-0.2, 0) is 6.54 Å². The Morgan fingerprint density at radius 3 is 2.65 bits per heavy atom. The topological polar surface area (TPSA) is 55.6 Å². The third-order valence-corrected chi connectivity index (χ3v) is 5.12. The van der Waals surface area contributed by atoms with Crippen LogP contribution >= 0.6 is 11.6 Å². The first-order valence-electron chi connectivity index (χ1n) is 8.71. The molecule has 4 rings (SSSR count). The molecule has 0 atom stereocenters. The van der Waals surface area contributed by atoms with Crippen LogP contribution in [0.15, 0.2) is 42.7 Å². The Labute approximate surface area is 157 Å². The quantitative estimate of drug-likeness (QED) is 0.707. The predicted octanol–water partition coefficient (Wildman–Crippen LogP) is 1.59. The lowest BCUT2D eigenvalue weighted by atomic mass is 10.1. The Bertz CT molecular complexity index is 897. The number of aromatic nitrogens is 3. The fourth-order valence-corrected chi connectivity index (χ4v) is 3.55. The monoisotopic (exact) mass is 370 g/mol. The van der Waals surface area contributed by atoms with E-state index in [9.17, 15) is 0 Å². The van der Waals surface area contributed by atoms with Crippen LogP contribution < -0.4 is 14.5 Å². The van der Waals surface area contributed by atoms with Crippen LogP contribution in [-0.4, -0.2) is 48.2 Å². The van der Waals surface area contributed by atoms with Gasteiger partial charge in [0.1, 0.15) is 17.4 Å². The van der Waals surface area contributed by atoms with Gasteiger partial charge in [-0.1, -0.05) is 11.6 Å². The number of hydrogen-bond donors (Lipinski definition) is 1. The van der Waals surface area contributed by atoms with Crippen LogP contribution in [0.25, 0.3) is 10.9 Å². The Hall–Kier alpha value is -2.44. The van der Waals surface area contributed by atoms with E-state index >= 15 is 0 Å². The Balaban J connectivity index is 1.45. The number of rotatable bonds is 4. The summed E-state index contributed by atoms with van der Waals surface area (Å²) in [5.41, 5.74) is 1.95. The average Bonchev–Trinajstić information content (AvgIpc) is 2.69. The van der Waals surface area contributed by atoms with Crippen molar-refractivity contribution in [2.75, 3.05) is 38.2 Å². The van der Waals surface area contributed by atoms with Gasteiger partial charge in [-0.3, -0.25) is 0 Å². The zero-order valence-electron chi connectivity index (χ0n) is 14.7. The highest BCUT2D eigenvalue weighted by Crippen LogP contribution is 2.23. The molecule has 7 heteroatoms. The van der Waals surface area contributed by atoms with Gasteiger partial charge in [0.05, 0.1) is 38.8 Å². The highest BCUT2D eigenvalue weighted by Gasteiger charge is 2.22. The number of halogens is 1. The summed E-state index contributed by atoms with van der Waals surface area (Å²) in [6.07, 6.45) is 3.58. The van der Waals surface area contributed by atoms with E-state index in [-0.39, 0.29) is 0 Å². The molecule has 1 aromatic carbocycles. The van der Waals surface area contributed by atoms with Crippen molar-refractivity contribution in [3.05, 3.63) is 53.4 Å². The molecule has 0 spiro atoms. The largest absolute Gasteiger partial charge is 0.497 e. The first kappa shape index (κ1) is 17.0. The van der Waals surface area contributed by atoms with Crippen molar-refractivity contribution in [2.45, 2.75) is 6.54 Å². The van der Waals surface area contributed by atoms with Gasteiger partial charge in [0.15, 0.2) is 0 Å². The second-order valence-electron chi connectivity index (χ2n) is 6.46. The van der Waals surface area contributed by atoms with Gasteiger partial charge in [0.25, 0.3) is 0 Å². The second kappa shape index (κ2) is 7.43. The van der Waals surface area contributed by atoms with Crippen molar-refractivity contribution < 1.29 is 9.64 Å². The summed E-state index contributed by atoms with van der Waals surface area (Å²) in [5, 5.41) is 1.66. The summed E-state index contributed by atoms with van der Waals surface area (Å²) in [4.78, 5) is 17.0. The molecule has 0 aliphatic carbocycles. The Morgan fingerprint density at radius 1 is 1.15 bits per heavy atom. The van der Waals surface area contributed by atoms with Crippen molar-refractivity contribution in [1.82, 2.24) is 15.0 Å². The van der Waals surface area contributed by atoms with Crippen LogP contribution in [0.2, 0.25) is 5.15 Å². The van der Waals surface area contributed by atoms with E-state index in [1.54, 1.807) is 19.5 Å². The molecule has 26 heavy (non-hydrogen) atoms. The SMILES string of the molecule is COc1ccc2cc(C[NH+]3CCN(c4ncccn4)CC3)c(Cl)nc2c1. The first-order chi connectivity index (χ1) is 12.7. The summed E-state index contributed by atoms with van der Waals surface area (Å²) in [5.74, 6) is 1.60. The third kappa shape index (κ3) is 3.57. The smallest absolute Gasteiger partial charge is 0.225 e. The molecule has 1 saturated heterocycles. The number of ether oxygens (including phenoxy) is 1. The maximum Gasteiger partial charge on any atom is 0.225 e. The fraction of sp³-hybridized carbons (Fsp3) is 0.316. The number of hydrogen-bond acceptors (Lipinski definition) is 5. The van der Waals surface area contributed by atoms with Gasteiger partial charge in [0.2, 0.25) is 5.95 Å². The Kier molecular flexibility index (Phi) is 4.86. The molecule has 6 nitrogen and oxygen atoms in total. The van der Waals surface area contributed by atoms with E-state index < -0.39 is 0 Å². The predicted molar refractivity (Wildman–Crippen MR) is 102 cm³/mol. The highest BCUT2D eigenvalue weighted by molar-refractivity contribution is 6.30. The zero-order valence-corrected chi connectivity index (χ0v) is 15.4. The normalized spacial score (nSPS) is 15.4. The fourth-order valence-electron chi connectivity index (χ4n) is 3.34. The lowest BCUT2D eigenvalue weighted by Crippen LogP contribution is -3.13. The molecule has 0 amide bonds. The molecule has 1 fully saturated rings. The number of nitrogens with zero attached hydrogens (tertiary/aromatic N) is 4. The van der Waals surface area contributed by atoms with Crippen LogP contribution in [0.4, 0.5) is 5.95 Å². The molecule has 3 aromatic rings. The Morgan fingerprint density at radius 2 is 1.92 bits per heavy atom. The molecule has 3 heterocycles. The van der Waals surface area contributed by atoms with Crippen LogP contribution in [0, 0.1) is 0 Å². The maximum absolute atomic E-state index is 6.45. The first-order valence-corrected chi connectivity index (χ1v) is 9.09. The zero-order chi connectivity index (χ0) is 17.9. The van der Waals surface area contributed by atoms with Crippen LogP contribution in [0.5, 0.6) is 5.75 Å². The summed E-state index contributed by atoms with van der Waals surface area (Å²) in [7, 11) is 1.65. The molecule has 1 aliphatic rings. The number of pyridine rings is 1. The summed E-state index contributed by atoms with van der Waals surface area (Å²) in [6.45, 7) is 4.80. The van der Waals surface area contributed by atoms with Crippen molar-refractivity contribution >= 4 is 28.5 Å². The molecule has 0 unspecified atom stereocenters. The van der Waals surface area contributed by atoms with E-state index in [0.717, 1.165) is 60.9 Å². The molecular formula is C19H21ClN5O+. The van der Waals surface area contributed by atoms with E-state index in [1.165, 1.54) is 4.90 Å². The van der Waals surface area contributed by atoms with Crippen LogP contribution in [0.3, 0.4) is 0 Å². The minimum atomic E-state index is 0.576. The minimum Gasteiger partial charge on any atom is -0.497 e. The number of nitrogens with one attached hydrogen (secondary N) is 1. The molecule has 1 N–H and O–H groups in total. The number of benzene rings is 1. The van der Waals surface area contributed by atoms with Crippen molar-refractivity contribution in [1.29, 1.82) is 0 Å². The van der Waals surface area contributed by atoms with E-state index in [1.807, 2.05) is 24.3 Å². The molecule has 0 saturated carbocycles. The van der Waals surface area contributed by atoms with Gasteiger partial charge in [-0.05, 0) is 24.3 Å². The molecule has 134 valence electrons. The lowest BCUT2D eigenvalue weighted by Gasteiger charge is -2.32. The van der Waals surface area contributed by atoms with E-state index in [2.05, 4.69) is 25.9 Å². The number of quaternary nitrogens is 1. The van der Waals surface area contributed by atoms with Gasteiger partial charge in [-0.25, -0.2) is 15.0 Å².